The first-order valence-corrected chi connectivity index (χ1v) is 11.8. The van der Waals surface area contributed by atoms with E-state index >= 15 is 0 Å². The summed E-state index contributed by atoms with van der Waals surface area (Å²) < 4.78 is 27.2. The van der Waals surface area contributed by atoms with Gasteiger partial charge in [-0.25, -0.2) is 13.6 Å². The molecule has 0 aliphatic carbocycles. The predicted molar refractivity (Wildman–Crippen MR) is 134 cm³/mol. The Hall–Kier alpha value is -3.74. The van der Waals surface area contributed by atoms with Crippen LogP contribution in [0, 0.1) is 17.6 Å². The zero-order valence-electron chi connectivity index (χ0n) is 20.0. The van der Waals surface area contributed by atoms with Crippen LogP contribution in [0.3, 0.4) is 0 Å². The van der Waals surface area contributed by atoms with Gasteiger partial charge in [-0.15, -0.1) is 0 Å². The molecule has 5 nitrogen and oxygen atoms in total. The molecule has 3 aromatic rings. The molecule has 3 rings (SSSR count). The van der Waals surface area contributed by atoms with Crippen molar-refractivity contribution in [1.29, 1.82) is 0 Å². The Labute approximate surface area is 205 Å². The molecule has 0 radical (unpaired) electrons. The summed E-state index contributed by atoms with van der Waals surface area (Å²) in [6, 6.07) is 20.9. The van der Waals surface area contributed by atoms with Gasteiger partial charge in [-0.3, -0.25) is 4.79 Å². The van der Waals surface area contributed by atoms with Crippen LogP contribution < -0.4 is 10.6 Å². The monoisotopic (exact) mass is 479 g/mol. The minimum absolute atomic E-state index is 0.163. The van der Waals surface area contributed by atoms with Gasteiger partial charge in [0.05, 0.1) is 5.69 Å². The SMILES string of the molecule is CCC(C)C(NC(=O)Nc1ccc(F)cc1F)C(=O)N(CCc1ccccc1)Cc1ccccc1. The molecule has 0 bridgehead atoms. The van der Waals surface area contributed by atoms with Gasteiger partial charge in [-0.2, -0.15) is 0 Å². The molecule has 3 amide bonds. The van der Waals surface area contributed by atoms with Crippen LogP contribution in [0.5, 0.6) is 0 Å². The smallest absolute Gasteiger partial charge is 0.319 e. The van der Waals surface area contributed by atoms with Gasteiger partial charge in [0.1, 0.15) is 17.7 Å². The number of rotatable bonds is 10. The van der Waals surface area contributed by atoms with E-state index in [2.05, 4.69) is 10.6 Å². The number of nitrogens with one attached hydrogen (secondary N) is 2. The molecule has 3 aromatic carbocycles. The van der Waals surface area contributed by atoms with Crippen molar-refractivity contribution in [2.24, 2.45) is 5.92 Å². The maximum absolute atomic E-state index is 14.0. The highest BCUT2D eigenvalue weighted by atomic mass is 19.1. The summed E-state index contributed by atoms with van der Waals surface area (Å²) in [5, 5.41) is 5.11. The van der Waals surface area contributed by atoms with Gasteiger partial charge in [-0.1, -0.05) is 80.9 Å². The second-order valence-electron chi connectivity index (χ2n) is 8.57. The number of carbonyl (C=O) groups is 2. The molecule has 184 valence electrons. The maximum Gasteiger partial charge on any atom is 0.319 e. The summed E-state index contributed by atoms with van der Waals surface area (Å²) >= 11 is 0. The van der Waals surface area contributed by atoms with E-state index in [-0.39, 0.29) is 17.5 Å². The van der Waals surface area contributed by atoms with E-state index in [1.54, 1.807) is 4.90 Å². The predicted octanol–water partition coefficient (Wildman–Crippen LogP) is 5.77. The third kappa shape index (κ3) is 7.64. The number of anilines is 1. The zero-order chi connectivity index (χ0) is 25.2. The van der Waals surface area contributed by atoms with E-state index in [9.17, 15) is 18.4 Å². The van der Waals surface area contributed by atoms with Crippen molar-refractivity contribution < 1.29 is 18.4 Å². The number of halogens is 2. The van der Waals surface area contributed by atoms with Gasteiger partial charge in [-0.05, 0) is 35.6 Å². The highest BCUT2D eigenvalue weighted by molar-refractivity contribution is 5.94. The number of carbonyl (C=O) groups excluding carboxylic acids is 2. The fraction of sp³-hybridized carbons (Fsp3) is 0.286. The van der Waals surface area contributed by atoms with Crippen LogP contribution in [-0.2, 0) is 17.8 Å². The lowest BCUT2D eigenvalue weighted by atomic mass is 9.97. The fourth-order valence-electron chi connectivity index (χ4n) is 3.75. The van der Waals surface area contributed by atoms with E-state index in [0.717, 1.165) is 23.3 Å². The summed E-state index contributed by atoms with van der Waals surface area (Å²) in [5.74, 6) is -2.01. The number of benzene rings is 3. The Morgan fingerprint density at radius 3 is 2.14 bits per heavy atom. The molecule has 0 heterocycles. The van der Waals surface area contributed by atoms with Gasteiger partial charge in [0.15, 0.2) is 0 Å². The summed E-state index contributed by atoms with van der Waals surface area (Å²) in [6.45, 7) is 4.70. The maximum atomic E-state index is 14.0. The molecule has 35 heavy (non-hydrogen) atoms. The summed E-state index contributed by atoms with van der Waals surface area (Å²) in [6.07, 6.45) is 1.32. The largest absolute Gasteiger partial charge is 0.336 e. The molecule has 0 saturated carbocycles. The number of hydrogen-bond acceptors (Lipinski definition) is 2. The van der Waals surface area contributed by atoms with E-state index in [0.29, 0.717) is 32.0 Å². The first-order valence-electron chi connectivity index (χ1n) is 11.8. The van der Waals surface area contributed by atoms with Crippen molar-refractivity contribution in [3.63, 3.8) is 0 Å². The second-order valence-corrected chi connectivity index (χ2v) is 8.57. The molecule has 0 aromatic heterocycles. The molecule has 2 unspecified atom stereocenters. The van der Waals surface area contributed by atoms with Crippen molar-refractivity contribution >= 4 is 17.6 Å². The molecule has 2 atom stereocenters. The molecule has 0 fully saturated rings. The Balaban J connectivity index is 1.78. The average Bonchev–Trinajstić information content (AvgIpc) is 2.87. The van der Waals surface area contributed by atoms with Crippen molar-refractivity contribution in [1.82, 2.24) is 10.2 Å². The normalized spacial score (nSPS) is 12.5. The van der Waals surface area contributed by atoms with Crippen LogP contribution in [0.15, 0.2) is 78.9 Å². The lowest BCUT2D eigenvalue weighted by Crippen LogP contribution is -2.53. The van der Waals surface area contributed by atoms with Crippen LogP contribution in [-0.4, -0.2) is 29.4 Å². The van der Waals surface area contributed by atoms with Gasteiger partial charge < -0.3 is 15.5 Å². The van der Waals surface area contributed by atoms with Gasteiger partial charge >= 0.3 is 6.03 Å². The van der Waals surface area contributed by atoms with E-state index in [1.165, 1.54) is 0 Å². The molecule has 0 aliphatic heterocycles. The first kappa shape index (κ1) is 25.9. The molecular weight excluding hydrogens is 448 g/mol. The molecular formula is C28H31F2N3O2. The summed E-state index contributed by atoms with van der Waals surface area (Å²) in [4.78, 5) is 28.2. The minimum Gasteiger partial charge on any atom is -0.336 e. The van der Waals surface area contributed by atoms with Crippen LogP contribution in [0.2, 0.25) is 0 Å². The van der Waals surface area contributed by atoms with Crippen LogP contribution in [0.4, 0.5) is 19.3 Å². The van der Waals surface area contributed by atoms with E-state index in [4.69, 9.17) is 0 Å². The Morgan fingerprint density at radius 2 is 1.54 bits per heavy atom. The third-order valence-corrected chi connectivity index (χ3v) is 5.99. The molecule has 0 aliphatic rings. The quantitative estimate of drug-likeness (QED) is 0.388. The first-order chi connectivity index (χ1) is 16.9. The van der Waals surface area contributed by atoms with Crippen molar-refractivity contribution in [3.8, 4) is 0 Å². The third-order valence-electron chi connectivity index (χ3n) is 5.99. The highest BCUT2D eigenvalue weighted by Gasteiger charge is 2.30. The Morgan fingerprint density at radius 1 is 0.914 bits per heavy atom. The highest BCUT2D eigenvalue weighted by Crippen LogP contribution is 2.17. The van der Waals surface area contributed by atoms with Gasteiger partial charge in [0.2, 0.25) is 5.91 Å². The summed E-state index contributed by atoms with van der Waals surface area (Å²) in [5.41, 5.74) is 1.93. The topological polar surface area (TPSA) is 61.4 Å². The van der Waals surface area contributed by atoms with Crippen molar-refractivity contribution in [3.05, 3.63) is 102 Å². The lowest BCUT2D eigenvalue weighted by Gasteiger charge is -2.31. The lowest BCUT2D eigenvalue weighted by molar-refractivity contribution is -0.135. The number of nitrogens with zero attached hydrogens (tertiary/aromatic N) is 1. The Kier molecular flexibility index (Phi) is 9.35. The van der Waals surface area contributed by atoms with Gasteiger partial charge in [0, 0.05) is 19.2 Å². The average molecular weight is 480 g/mol. The molecule has 0 saturated heterocycles. The minimum atomic E-state index is -0.889. The number of urea groups is 1. The zero-order valence-corrected chi connectivity index (χ0v) is 20.0. The number of hydrogen-bond donors (Lipinski definition) is 2. The summed E-state index contributed by atoms with van der Waals surface area (Å²) in [7, 11) is 0. The second kappa shape index (κ2) is 12.6. The number of amides is 3. The van der Waals surface area contributed by atoms with E-state index < -0.39 is 23.7 Å². The fourth-order valence-corrected chi connectivity index (χ4v) is 3.75. The molecule has 2 N–H and O–H groups in total. The van der Waals surface area contributed by atoms with Crippen LogP contribution in [0.1, 0.15) is 31.4 Å². The van der Waals surface area contributed by atoms with Crippen LogP contribution in [0.25, 0.3) is 0 Å². The standard InChI is InChI=1S/C28H31F2N3O2/c1-3-20(2)26(32-28(35)31-25-15-14-23(29)18-24(25)30)27(34)33(19-22-12-8-5-9-13-22)17-16-21-10-6-4-7-11-21/h4-15,18,20,26H,3,16-17,19H2,1-2H3,(H2,31,32,35). The van der Waals surface area contributed by atoms with Crippen molar-refractivity contribution in [2.75, 3.05) is 11.9 Å². The molecule has 0 spiro atoms. The van der Waals surface area contributed by atoms with E-state index in [1.807, 2.05) is 74.5 Å². The van der Waals surface area contributed by atoms with Gasteiger partial charge in [0.25, 0.3) is 0 Å². The van der Waals surface area contributed by atoms with Crippen molar-refractivity contribution in [2.45, 2.75) is 39.3 Å². The Bertz CT molecular complexity index is 1110. The van der Waals surface area contributed by atoms with Crippen LogP contribution >= 0.6 is 0 Å². The molecule has 7 heteroatoms.